The minimum Gasteiger partial charge on any atom is -0.464 e. The Hall–Kier alpha value is -0.610. The normalized spacial score (nSPS) is 22.1. The van der Waals surface area contributed by atoms with Crippen molar-refractivity contribution in [2.75, 3.05) is 6.61 Å². The molecule has 0 spiro atoms. The van der Waals surface area contributed by atoms with Crippen molar-refractivity contribution in [2.45, 2.75) is 51.2 Å². The summed E-state index contributed by atoms with van der Waals surface area (Å²) in [7, 11) is 0. The van der Waals surface area contributed by atoms with Crippen LogP contribution in [0.5, 0.6) is 0 Å². The van der Waals surface area contributed by atoms with Crippen LogP contribution in [0.3, 0.4) is 0 Å². The SMILES string of the molecule is CCOC(=O)[C@H](O)[C@@H](O)C1CCCCC1. The highest BCUT2D eigenvalue weighted by atomic mass is 16.5. The van der Waals surface area contributed by atoms with E-state index in [9.17, 15) is 15.0 Å². The Morgan fingerprint density at radius 2 is 1.93 bits per heavy atom. The molecule has 88 valence electrons. The lowest BCUT2D eigenvalue weighted by atomic mass is 9.83. The van der Waals surface area contributed by atoms with Gasteiger partial charge in [0.05, 0.1) is 12.7 Å². The molecular formula is C11H20O4. The molecule has 0 amide bonds. The zero-order valence-corrected chi connectivity index (χ0v) is 9.19. The molecule has 1 aliphatic rings. The Labute approximate surface area is 90.2 Å². The third kappa shape index (κ3) is 3.47. The maximum Gasteiger partial charge on any atom is 0.337 e. The van der Waals surface area contributed by atoms with Crippen LogP contribution in [-0.2, 0) is 9.53 Å². The summed E-state index contributed by atoms with van der Waals surface area (Å²) in [4.78, 5) is 11.2. The predicted octanol–water partition coefficient (Wildman–Crippen LogP) is 0.852. The van der Waals surface area contributed by atoms with Crippen LogP contribution in [0, 0.1) is 5.92 Å². The highest BCUT2D eigenvalue weighted by molar-refractivity contribution is 5.75. The fourth-order valence-corrected chi connectivity index (χ4v) is 2.10. The van der Waals surface area contributed by atoms with Gasteiger partial charge in [-0.05, 0) is 25.7 Å². The summed E-state index contributed by atoms with van der Waals surface area (Å²) in [6.45, 7) is 1.91. The lowest BCUT2D eigenvalue weighted by Crippen LogP contribution is -2.41. The van der Waals surface area contributed by atoms with E-state index in [1.807, 2.05) is 0 Å². The van der Waals surface area contributed by atoms with Crippen LogP contribution in [0.25, 0.3) is 0 Å². The first-order chi connectivity index (χ1) is 7.16. The van der Waals surface area contributed by atoms with Gasteiger partial charge in [-0.3, -0.25) is 0 Å². The summed E-state index contributed by atoms with van der Waals surface area (Å²) >= 11 is 0. The molecule has 0 aromatic heterocycles. The maximum absolute atomic E-state index is 11.2. The number of carbonyl (C=O) groups is 1. The molecular weight excluding hydrogens is 196 g/mol. The van der Waals surface area contributed by atoms with E-state index in [2.05, 4.69) is 4.74 Å². The number of rotatable bonds is 4. The van der Waals surface area contributed by atoms with Crippen molar-refractivity contribution >= 4 is 5.97 Å². The van der Waals surface area contributed by atoms with Gasteiger partial charge in [-0.25, -0.2) is 4.79 Å². The van der Waals surface area contributed by atoms with E-state index < -0.39 is 18.2 Å². The number of carbonyl (C=O) groups excluding carboxylic acids is 1. The standard InChI is InChI=1S/C11H20O4/c1-2-15-11(14)10(13)9(12)8-6-4-3-5-7-8/h8-10,12-13H,2-7H2,1H3/t9-,10+/m0/s1. The fraction of sp³-hybridized carbons (Fsp3) is 0.909. The highest BCUT2D eigenvalue weighted by Crippen LogP contribution is 2.27. The maximum atomic E-state index is 11.2. The first kappa shape index (κ1) is 12.5. The van der Waals surface area contributed by atoms with Gasteiger partial charge in [0.2, 0.25) is 0 Å². The fourth-order valence-electron chi connectivity index (χ4n) is 2.10. The van der Waals surface area contributed by atoms with E-state index in [1.54, 1.807) is 6.92 Å². The summed E-state index contributed by atoms with van der Waals surface area (Å²) in [6.07, 6.45) is 2.74. The van der Waals surface area contributed by atoms with Crippen molar-refractivity contribution in [3.63, 3.8) is 0 Å². The molecule has 0 heterocycles. The second-order valence-electron chi connectivity index (χ2n) is 4.09. The summed E-state index contributed by atoms with van der Waals surface area (Å²) in [6, 6.07) is 0. The van der Waals surface area contributed by atoms with Crippen LogP contribution >= 0.6 is 0 Å². The number of ether oxygens (including phenoxy) is 1. The van der Waals surface area contributed by atoms with Crippen molar-refractivity contribution in [2.24, 2.45) is 5.92 Å². The Kier molecular flexibility index (Phi) is 5.05. The molecule has 0 unspecified atom stereocenters. The smallest absolute Gasteiger partial charge is 0.337 e. The van der Waals surface area contributed by atoms with Crippen LogP contribution in [-0.4, -0.2) is 35.0 Å². The summed E-state index contributed by atoms with van der Waals surface area (Å²) < 4.78 is 4.67. The number of aliphatic hydroxyl groups is 2. The Bertz CT molecular complexity index is 199. The molecule has 4 nitrogen and oxygen atoms in total. The third-order valence-electron chi connectivity index (χ3n) is 2.98. The number of esters is 1. The van der Waals surface area contributed by atoms with Crippen molar-refractivity contribution in [3.05, 3.63) is 0 Å². The van der Waals surface area contributed by atoms with E-state index in [-0.39, 0.29) is 12.5 Å². The van der Waals surface area contributed by atoms with E-state index in [0.717, 1.165) is 25.7 Å². The monoisotopic (exact) mass is 216 g/mol. The lowest BCUT2D eigenvalue weighted by molar-refractivity contribution is -0.162. The highest BCUT2D eigenvalue weighted by Gasteiger charge is 2.32. The molecule has 1 saturated carbocycles. The third-order valence-corrected chi connectivity index (χ3v) is 2.98. The summed E-state index contributed by atoms with van der Waals surface area (Å²) in [5, 5.41) is 19.3. The van der Waals surface area contributed by atoms with Crippen molar-refractivity contribution in [1.29, 1.82) is 0 Å². The molecule has 2 atom stereocenters. The second kappa shape index (κ2) is 6.08. The number of hydrogen-bond donors (Lipinski definition) is 2. The van der Waals surface area contributed by atoms with Crippen LogP contribution in [0.2, 0.25) is 0 Å². The molecule has 4 heteroatoms. The molecule has 0 aromatic rings. The van der Waals surface area contributed by atoms with Gasteiger partial charge in [0.25, 0.3) is 0 Å². The molecule has 15 heavy (non-hydrogen) atoms. The summed E-state index contributed by atoms with van der Waals surface area (Å²) in [5.74, 6) is -0.672. The molecule has 0 radical (unpaired) electrons. The van der Waals surface area contributed by atoms with Crippen molar-refractivity contribution in [3.8, 4) is 0 Å². The van der Waals surface area contributed by atoms with Crippen LogP contribution in [0.1, 0.15) is 39.0 Å². The largest absolute Gasteiger partial charge is 0.464 e. The second-order valence-corrected chi connectivity index (χ2v) is 4.09. The Morgan fingerprint density at radius 1 is 1.33 bits per heavy atom. The van der Waals surface area contributed by atoms with Crippen molar-refractivity contribution < 1.29 is 19.7 Å². The first-order valence-electron chi connectivity index (χ1n) is 5.69. The first-order valence-corrected chi connectivity index (χ1v) is 5.69. The lowest BCUT2D eigenvalue weighted by Gasteiger charge is -2.28. The molecule has 2 N–H and O–H groups in total. The quantitative estimate of drug-likeness (QED) is 0.684. The van der Waals surface area contributed by atoms with Crippen LogP contribution in [0.15, 0.2) is 0 Å². The van der Waals surface area contributed by atoms with Gasteiger partial charge >= 0.3 is 5.97 Å². The van der Waals surface area contributed by atoms with E-state index in [4.69, 9.17) is 0 Å². The van der Waals surface area contributed by atoms with Gasteiger partial charge in [0, 0.05) is 0 Å². The van der Waals surface area contributed by atoms with Crippen LogP contribution in [0.4, 0.5) is 0 Å². The summed E-state index contributed by atoms with van der Waals surface area (Å²) in [5.41, 5.74) is 0. The van der Waals surface area contributed by atoms with Gasteiger partial charge in [0.1, 0.15) is 0 Å². The van der Waals surface area contributed by atoms with E-state index in [0.29, 0.717) is 0 Å². The average molecular weight is 216 g/mol. The molecule has 1 aliphatic carbocycles. The minimum absolute atomic E-state index is 0.0400. The van der Waals surface area contributed by atoms with Crippen LogP contribution < -0.4 is 0 Å². The predicted molar refractivity (Wildman–Crippen MR) is 55.2 cm³/mol. The van der Waals surface area contributed by atoms with E-state index >= 15 is 0 Å². The number of hydrogen-bond acceptors (Lipinski definition) is 4. The molecule has 0 saturated heterocycles. The molecule has 0 bridgehead atoms. The Balaban J connectivity index is 2.43. The average Bonchev–Trinajstić information content (AvgIpc) is 2.28. The molecule has 0 aromatic carbocycles. The molecule has 0 aliphatic heterocycles. The molecule has 1 fully saturated rings. The van der Waals surface area contributed by atoms with Gasteiger partial charge in [-0.1, -0.05) is 19.3 Å². The van der Waals surface area contributed by atoms with Gasteiger partial charge in [-0.2, -0.15) is 0 Å². The van der Waals surface area contributed by atoms with Gasteiger partial charge < -0.3 is 14.9 Å². The zero-order chi connectivity index (χ0) is 11.3. The van der Waals surface area contributed by atoms with Gasteiger partial charge in [0.15, 0.2) is 6.10 Å². The van der Waals surface area contributed by atoms with E-state index in [1.165, 1.54) is 6.42 Å². The topological polar surface area (TPSA) is 66.8 Å². The Morgan fingerprint density at radius 3 is 2.47 bits per heavy atom. The number of aliphatic hydroxyl groups excluding tert-OH is 2. The zero-order valence-electron chi connectivity index (χ0n) is 9.19. The van der Waals surface area contributed by atoms with Crippen molar-refractivity contribution in [1.82, 2.24) is 0 Å². The van der Waals surface area contributed by atoms with Gasteiger partial charge in [-0.15, -0.1) is 0 Å². The minimum atomic E-state index is -1.38. The molecule has 1 rings (SSSR count).